The van der Waals surface area contributed by atoms with Crippen molar-refractivity contribution in [2.24, 2.45) is 0 Å². The van der Waals surface area contributed by atoms with Gasteiger partial charge in [0, 0.05) is 17.1 Å². The highest BCUT2D eigenvalue weighted by atomic mass is 16.4. The number of aliphatic hydroxyl groups is 1. The highest BCUT2D eigenvalue weighted by Gasteiger charge is 2.28. The first-order valence-corrected chi connectivity index (χ1v) is 8.02. The molecule has 0 saturated carbocycles. The number of fused-ring (bicyclic) bond motifs is 1. The van der Waals surface area contributed by atoms with Crippen LogP contribution in [-0.4, -0.2) is 16.6 Å². The van der Waals surface area contributed by atoms with E-state index in [2.05, 4.69) is 5.32 Å². The maximum atomic E-state index is 12.2. The molecule has 5 nitrogen and oxygen atoms in total. The van der Waals surface area contributed by atoms with Crippen molar-refractivity contribution in [1.82, 2.24) is 0 Å². The molecule has 1 heterocycles. The maximum Gasteiger partial charge on any atom is 0.336 e. The average Bonchev–Trinajstić information content (AvgIpc) is 2.47. The van der Waals surface area contributed by atoms with Crippen LogP contribution in [0.25, 0.3) is 11.0 Å². The number of hydrogen-bond donors (Lipinski definition) is 2. The summed E-state index contributed by atoms with van der Waals surface area (Å²) in [5.41, 5.74) is -0.258. The van der Waals surface area contributed by atoms with Crippen molar-refractivity contribution in [3.63, 3.8) is 0 Å². The fraction of sp³-hybridized carbons (Fsp3) is 0.444. The first kappa shape index (κ1) is 17.2. The lowest BCUT2D eigenvalue weighted by atomic mass is 9.89. The summed E-state index contributed by atoms with van der Waals surface area (Å²) in [4.78, 5) is 23.4. The average molecular weight is 317 g/mol. The molecule has 5 heteroatoms. The van der Waals surface area contributed by atoms with E-state index in [9.17, 15) is 14.7 Å². The van der Waals surface area contributed by atoms with E-state index < -0.39 is 11.2 Å². The Hall–Kier alpha value is -2.14. The van der Waals surface area contributed by atoms with Gasteiger partial charge in [0.2, 0.25) is 5.91 Å². The molecule has 1 aromatic heterocycles. The van der Waals surface area contributed by atoms with Crippen molar-refractivity contribution >= 4 is 22.6 Å². The number of hydrogen-bond acceptors (Lipinski definition) is 4. The van der Waals surface area contributed by atoms with Gasteiger partial charge in [-0.05, 0) is 37.1 Å². The van der Waals surface area contributed by atoms with Crippen molar-refractivity contribution in [3.8, 4) is 0 Å². The van der Waals surface area contributed by atoms with Crippen LogP contribution >= 0.6 is 0 Å². The van der Waals surface area contributed by atoms with Gasteiger partial charge >= 0.3 is 5.63 Å². The normalized spacial score (nSPS) is 11.6. The summed E-state index contributed by atoms with van der Waals surface area (Å²) in [6.45, 7) is 3.99. The first-order chi connectivity index (χ1) is 11.0. The molecule has 0 saturated heterocycles. The third-order valence-corrected chi connectivity index (χ3v) is 3.82. The van der Waals surface area contributed by atoms with Crippen molar-refractivity contribution in [2.75, 3.05) is 5.32 Å². The van der Waals surface area contributed by atoms with Crippen molar-refractivity contribution in [1.29, 1.82) is 0 Å². The highest BCUT2D eigenvalue weighted by Crippen LogP contribution is 2.25. The van der Waals surface area contributed by atoms with Crippen molar-refractivity contribution in [3.05, 3.63) is 40.8 Å². The van der Waals surface area contributed by atoms with E-state index in [1.165, 1.54) is 6.07 Å². The third-order valence-electron chi connectivity index (χ3n) is 3.82. The van der Waals surface area contributed by atoms with Crippen LogP contribution in [0, 0.1) is 0 Å². The largest absolute Gasteiger partial charge is 0.423 e. The van der Waals surface area contributed by atoms with Gasteiger partial charge in [0.25, 0.3) is 0 Å². The highest BCUT2D eigenvalue weighted by molar-refractivity contribution is 5.93. The summed E-state index contributed by atoms with van der Waals surface area (Å²) in [6.07, 6.45) is 2.96. The molecule has 0 radical (unpaired) electrons. The first-order valence-electron chi connectivity index (χ1n) is 8.02. The Morgan fingerprint density at radius 2 is 1.87 bits per heavy atom. The molecule has 0 spiro atoms. The molecule has 0 aliphatic carbocycles. The quantitative estimate of drug-likeness (QED) is 0.767. The van der Waals surface area contributed by atoms with Gasteiger partial charge in [-0.2, -0.15) is 0 Å². The van der Waals surface area contributed by atoms with Crippen LogP contribution in [0.15, 0.2) is 39.5 Å². The molecular weight excluding hydrogens is 294 g/mol. The summed E-state index contributed by atoms with van der Waals surface area (Å²) in [7, 11) is 0. The van der Waals surface area contributed by atoms with Crippen LogP contribution in [0.3, 0.4) is 0 Å². The number of anilines is 1. The zero-order valence-corrected chi connectivity index (χ0v) is 13.6. The van der Waals surface area contributed by atoms with Gasteiger partial charge in [0.1, 0.15) is 5.58 Å². The van der Waals surface area contributed by atoms with Gasteiger partial charge in [-0.15, -0.1) is 0 Å². The lowest BCUT2D eigenvalue weighted by Gasteiger charge is -2.26. The van der Waals surface area contributed by atoms with Crippen LogP contribution in [0.2, 0.25) is 0 Å². The Kier molecular flexibility index (Phi) is 5.55. The minimum absolute atomic E-state index is 0.0800. The maximum absolute atomic E-state index is 12.2. The van der Waals surface area contributed by atoms with E-state index in [4.69, 9.17) is 4.42 Å². The van der Waals surface area contributed by atoms with Crippen molar-refractivity contribution in [2.45, 2.75) is 51.6 Å². The Labute approximate surface area is 135 Å². The van der Waals surface area contributed by atoms with Crippen LogP contribution in [-0.2, 0) is 4.79 Å². The predicted octanol–water partition coefficient (Wildman–Crippen LogP) is 3.45. The lowest BCUT2D eigenvalue weighted by Crippen LogP contribution is -2.33. The molecule has 0 aliphatic heterocycles. The molecule has 0 bridgehead atoms. The summed E-state index contributed by atoms with van der Waals surface area (Å²) in [5, 5.41) is 14.1. The molecule has 0 aliphatic rings. The van der Waals surface area contributed by atoms with Gasteiger partial charge < -0.3 is 14.8 Å². The minimum Gasteiger partial charge on any atom is -0.423 e. The molecule has 124 valence electrons. The van der Waals surface area contributed by atoms with Gasteiger partial charge in [-0.25, -0.2) is 4.79 Å². The second-order valence-electron chi connectivity index (χ2n) is 5.96. The Morgan fingerprint density at radius 1 is 1.17 bits per heavy atom. The van der Waals surface area contributed by atoms with Crippen LogP contribution < -0.4 is 10.9 Å². The number of carbonyl (C=O) groups excluding carboxylic acids is 1. The van der Waals surface area contributed by atoms with Crippen LogP contribution in [0.4, 0.5) is 5.69 Å². The monoisotopic (exact) mass is 317 g/mol. The van der Waals surface area contributed by atoms with E-state index in [0.717, 1.165) is 18.2 Å². The standard InChI is InChI=1S/C18H23NO4/c1-3-9-18(22,10-4-2)12-16(20)19-14-6-7-15-13(11-14)5-8-17(21)23-15/h5-8,11,22H,3-4,9-10,12H2,1-2H3,(H,19,20). The zero-order chi connectivity index (χ0) is 16.9. The minimum atomic E-state index is -0.947. The predicted molar refractivity (Wildman–Crippen MR) is 90.5 cm³/mol. The van der Waals surface area contributed by atoms with Crippen molar-refractivity contribution < 1.29 is 14.3 Å². The lowest BCUT2D eigenvalue weighted by molar-refractivity contribution is -0.121. The number of carbonyl (C=O) groups is 1. The van der Waals surface area contributed by atoms with E-state index >= 15 is 0 Å². The number of nitrogens with one attached hydrogen (secondary N) is 1. The van der Waals surface area contributed by atoms with Gasteiger partial charge in [-0.1, -0.05) is 26.7 Å². The summed E-state index contributed by atoms with van der Waals surface area (Å²) < 4.78 is 5.06. The number of amides is 1. The summed E-state index contributed by atoms with van der Waals surface area (Å²) in [6, 6.07) is 8.07. The summed E-state index contributed by atoms with van der Waals surface area (Å²) in [5.74, 6) is -0.217. The van der Waals surface area contributed by atoms with E-state index in [-0.39, 0.29) is 12.3 Å². The SMILES string of the molecule is CCCC(O)(CCC)CC(=O)Nc1ccc2oc(=O)ccc2c1. The van der Waals surface area contributed by atoms with Gasteiger partial charge in [0.15, 0.2) is 0 Å². The van der Waals surface area contributed by atoms with Crippen LogP contribution in [0.1, 0.15) is 46.0 Å². The fourth-order valence-electron chi connectivity index (χ4n) is 2.89. The Balaban J connectivity index is 2.10. The van der Waals surface area contributed by atoms with E-state index in [1.54, 1.807) is 24.3 Å². The Bertz CT molecular complexity index is 729. The second kappa shape index (κ2) is 7.42. The zero-order valence-electron chi connectivity index (χ0n) is 13.6. The molecule has 2 N–H and O–H groups in total. The molecular formula is C18H23NO4. The molecule has 23 heavy (non-hydrogen) atoms. The van der Waals surface area contributed by atoms with E-state index in [1.807, 2.05) is 13.8 Å². The fourth-order valence-corrected chi connectivity index (χ4v) is 2.89. The molecule has 1 amide bonds. The second-order valence-corrected chi connectivity index (χ2v) is 5.96. The molecule has 0 unspecified atom stereocenters. The molecule has 1 aromatic carbocycles. The third kappa shape index (κ3) is 4.66. The number of rotatable bonds is 7. The molecule has 0 atom stereocenters. The molecule has 2 rings (SSSR count). The van der Waals surface area contributed by atoms with E-state index in [0.29, 0.717) is 24.1 Å². The molecule has 2 aromatic rings. The summed E-state index contributed by atoms with van der Waals surface area (Å²) >= 11 is 0. The van der Waals surface area contributed by atoms with Crippen LogP contribution in [0.5, 0.6) is 0 Å². The topological polar surface area (TPSA) is 79.5 Å². The van der Waals surface area contributed by atoms with Gasteiger partial charge in [0.05, 0.1) is 12.0 Å². The smallest absolute Gasteiger partial charge is 0.336 e. The molecule has 0 fully saturated rings. The number of benzene rings is 1. The van der Waals surface area contributed by atoms with Gasteiger partial charge in [-0.3, -0.25) is 4.79 Å². The Morgan fingerprint density at radius 3 is 2.52 bits per heavy atom.